The average Bonchev–Trinajstić information content (AvgIpc) is 3.23. The van der Waals surface area contributed by atoms with Crippen LogP contribution in [0, 0.1) is 12.7 Å². The van der Waals surface area contributed by atoms with Gasteiger partial charge in [0.2, 0.25) is 5.91 Å². The molecule has 0 aromatic heterocycles. The van der Waals surface area contributed by atoms with Gasteiger partial charge in [0.15, 0.2) is 12.1 Å². The molecule has 2 aromatic carbocycles. The Balaban J connectivity index is 1.43. The number of hydrogen-bond acceptors (Lipinski definition) is 6. The highest BCUT2D eigenvalue weighted by molar-refractivity contribution is 6.32. The zero-order valence-electron chi connectivity index (χ0n) is 15.9. The Morgan fingerprint density at radius 3 is 2.60 bits per heavy atom. The van der Waals surface area contributed by atoms with Crippen LogP contribution in [-0.4, -0.2) is 41.4 Å². The van der Waals surface area contributed by atoms with E-state index in [-0.39, 0.29) is 18.9 Å². The monoisotopic (exact) mass is 429 g/mol. The maximum atomic E-state index is 13.0. The van der Waals surface area contributed by atoms with Crippen LogP contribution in [0.25, 0.3) is 0 Å². The number of hydrogen-bond donors (Lipinski definition) is 1. The van der Waals surface area contributed by atoms with Gasteiger partial charge in [-0.2, -0.15) is 5.11 Å². The highest BCUT2D eigenvalue weighted by Crippen LogP contribution is 2.33. The zero-order chi connectivity index (χ0) is 21.4. The van der Waals surface area contributed by atoms with E-state index < -0.39 is 29.8 Å². The van der Waals surface area contributed by atoms with Crippen LogP contribution in [0.15, 0.2) is 52.8 Å². The van der Waals surface area contributed by atoms with Crippen molar-refractivity contribution >= 4 is 35.0 Å². The summed E-state index contributed by atoms with van der Waals surface area (Å²) in [7, 11) is 0. The molecule has 2 atom stereocenters. The van der Waals surface area contributed by atoms with Crippen molar-refractivity contribution < 1.29 is 18.8 Å². The summed E-state index contributed by atoms with van der Waals surface area (Å²) < 4.78 is 13.0. The molecule has 3 amide bonds. The summed E-state index contributed by atoms with van der Waals surface area (Å²) in [6.45, 7) is 1.77. The summed E-state index contributed by atoms with van der Waals surface area (Å²) >= 11 is 6.12. The molecular weight excluding hydrogens is 413 g/mol. The Kier molecular flexibility index (Phi) is 5.21. The summed E-state index contributed by atoms with van der Waals surface area (Å²) in [5.41, 5.74) is 1.89. The van der Waals surface area contributed by atoms with Crippen molar-refractivity contribution in [1.29, 1.82) is 0 Å². The van der Waals surface area contributed by atoms with E-state index in [0.717, 1.165) is 16.0 Å². The lowest BCUT2D eigenvalue weighted by molar-refractivity contribution is -0.125. The molecule has 1 saturated heterocycles. The summed E-state index contributed by atoms with van der Waals surface area (Å²) in [6.07, 6.45) is 0. The third kappa shape index (κ3) is 3.63. The van der Waals surface area contributed by atoms with Crippen LogP contribution >= 0.6 is 11.6 Å². The van der Waals surface area contributed by atoms with Crippen LogP contribution in [0.3, 0.4) is 0 Å². The number of fused-ring (bicyclic) bond motifs is 1. The molecule has 1 fully saturated rings. The molecule has 0 saturated carbocycles. The Morgan fingerprint density at radius 2 is 1.90 bits per heavy atom. The molecule has 1 N–H and O–H groups in total. The SMILES string of the molecule is Cc1ccc(N2C(=O)[C@H]3N=NN(CC(=O)NCc4ccc(F)cc4)[C@H]3C2=O)cc1Cl. The van der Waals surface area contributed by atoms with Crippen molar-refractivity contribution in [2.24, 2.45) is 10.3 Å². The maximum Gasteiger partial charge on any atom is 0.263 e. The van der Waals surface area contributed by atoms with Gasteiger partial charge in [0.05, 0.1) is 5.69 Å². The molecule has 154 valence electrons. The zero-order valence-corrected chi connectivity index (χ0v) is 16.6. The molecule has 8 nitrogen and oxygen atoms in total. The van der Waals surface area contributed by atoms with E-state index in [1.807, 2.05) is 6.92 Å². The van der Waals surface area contributed by atoms with Crippen molar-refractivity contribution in [1.82, 2.24) is 10.3 Å². The predicted molar refractivity (Wildman–Crippen MR) is 106 cm³/mol. The number of benzene rings is 2. The van der Waals surface area contributed by atoms with E-state index in [1.54, 1.807) is 30.3 Å². The van der Waals surface area contributed by atoms with Crippen molar-refractivity contribution in [2.75, 3.05) is 11.4 Å². The Morgan fingerprint density at radius 1 is 1.17 bits per heavy atom. The minimum absolute atomic E-state index is 0.194. The van der Waals surface area contributed by atoms with E-state index in [9.17, 15) is 18.8 Å². The summed E-state index contributed by atoms with van der Waals surface area (Å²) in [5, 5.41) is 12.1. The molecule has 2 heterocycles. The number of nitrogens with zero attached hydrogens (tertiary/aromatic N) is 4. The van der Waals surface area contributed by atoms with Gasteiger partial charge in [-0.3, -0.25) is 19.4 Å². The van der Waals surface area contributed by atoms with E-state index in [1.165, 1.54) is 17.1 Å². The first kappa shape index (κ1) is 20.0. The third-order valence-corrected chi connectivity index (χ3v) is 5.39. The fraction of sp³-hybridized carbons (Fsp3) is 0.250. The molecule has 2 aromatic rings. The second-order valence-electron chi connectivity index (χ2n) is 7.04. The van der Waals surface area contributed by atoms with Crippen LogP contribution in [0.1, 0.15) is 11.1 Å². The number of anilines is 1. The lowest BCUT2D eigenvalue weighted by atomic mass is 10.1. The lowest BCUT2D eigenvalue weighted by Gasteiger charge is -2.20. The van der Waals surface area contributed by atoms with Crippen molar-refractivity contribution in [3.8, 4) is 0 Å². The number of aryl methyl sites for hydroxylation is 1. The van der Waals surface area contributed by atoms with E-state index in [2.05, 4.69) is 15.7 Å². The van der Waals surface area contributed by atoms with Gasteiger partial charge in [-0.15, -0.1) is 0 Å². The number of carbonyl (C=O) groups excluding carboxylic acids is 3. The van der Waals surface area contributed by atoms with E-state index in [0.29, 0.717) is 10.7 Å². The number of halogens is 2. The van der Waals surface area contributed by atoms with Gasteiger partial charge >= 0.3 is 0 Å². The molecule has 0 bridgehead atoms. The van der Waals surface area contributed by atoms with Crippen molar-refractivity contribution in [3.63, 3.8) is 0 Å². The normalized spacial score (nSPS) is 20.1. The number of amides is 3. The molecule has 4 rings (SSSR count). The number of carbonyl (C=O) groups is 3. The van der Waals surface area contributed by atoms with Gasteiger partial charge < -0.3 is 5.32 Å². The molecule has 2 aliphatic rings. The fourth-order valence-corrected chi connectivity index (χ4v) is 3.51. The summed E-state index contributed by atoms with van der Waals surface area (Å²) in [4.78, 5) is 39.0. The summed E-state index contributed by atoms with van der Waals surface area (Å²) in [6, 6.07) is 8.64. The second-order valence-corrected chi connectivity index (χ2v) is 7.45. The number of rotatable bonds is 5. The molecule has 30 heavy (non-hydrogen) atoms. The molecular formula is C20H17ClFN5O3. The van der Waals surface area contributed by atoms with Gasteiger partial charge in [-0.1, -0.05) is 35.0 Å². The topological polar surface area (TPSA) is 94.4 Å². The molecule has 10 heteroatoms. The predicted octanol–water partition coefficient (Wildman–Crippen LogP) is 2.40. The quantitative estimate of drug-likeness (QED) is 0.738. The number of imide groups is 1. The van der Waals surface area contributed by atoms with Gasteiger partial charge in [-0.25, -0.2) is 9.29 Å². The first-order valence-electron chi connectivity index (χ1n) is 9.17. The smallest absolute Gasteiger partial charge is 0.263 e. The van der Waals surface area contributed by atoms with Crippen molar-refractivity contribution in [2.45, 2.75) is 25.6 Å². The molecule has 0 radical (unpaired) electrons. The second kappa shape index (κ2) is 7.83. The first-order valence-corrected chi connectivity index (χ1v) is 9.55. The minimum atomic E-state index is -0.998. The van der Waals surface area contributed by atoms with Gasteiger partial charge in [-0.05, 0) is 42.3 Å². The summed E-state index contributed by atoms with van der Waals surface area (Å²) in [5.74, 6) is -1.79. The number of nitrogens with one attached hydrogen (secondary N) is 1. The van der Waals surface area contributed by atoms with Gasteiger partial charge in [0, 0.05) is 11.6 Å². The maximum absolute atomic E-state index is 13.0. The Labute approximate surface area is 176 Å². The molecule has 0 aliphatic carbocycles. The Hall–Kier alpha value is -3.33. The highest BCUT2D eigenvalue weighted by Gasteiger charge is 2.55. The Bertz CT molecular complexity index is 1060. The highest BCUT2D eigenvalue weighted by atomic mass is 35.5. The standard InChI is InChI=1S/C20H17ClFN5O3/c1-11-2-7-14(8-15(11)21)27-19(29)17-18(20(27)30)26(25-24-17)10-16(28)23-9-12-3-5-13(22)6-4-12/h2-8,17-18H,9-10H2,1H3,(H,23,28)/t17-,18+/m0/s1. The largest absolute Gasteiger partial charge is 0.350 e. The molecule has 0 unspecified atom stereocenters. The van der Waals surface area contributed by atoms with Crippen LogP contribution in [-0.2, 0) is 20.9 Å². The van der Waals surface area contributed by atoms with Crippen LogP contribution < -0.4 is 10.2 Å². The molecule has 0 spiro atoms. The third-order valence-electron chi connectivity index (χ3n) is 4.98. The van der Waals surface area contributed by atoms with Crippen LogP contribution in [0.2, 0.25) is 5.02 Å². The van der Waals surface area contributed by atoms with Gasteiger partial charge in [0.25, 0.3) is 11.8 Å². The van der Waals surface area contributed by atoms with E-state index >= 15 is 0 Å². The lowest BCUT2D eigenvalue weighted by Crippen LogP contribution is -2.44. The van der Waals surface area contributed by atoms with Crippen molar-refractivity contribution in [3.05, 3.63) is 64.4 Å². The molecule has 2 aliphatic heterocycles. The van der Waals surface area contributed by atoms with Crippen LogP contribution in [0.5, 0.6) is 0 Å². The van der Waals surface area contributed by atoms with E-state index in [4.69, 9.17) is 11.6 Å². The first-order chi connectivity index (χ1) is 14.3. The van der Waals surface area contributed by atoms with Crippen LogP contribution in [0.4, 0.5) is 10.1 Å². The van der Waals surface area contributed by atoms with Gasteiger partial charge in [0.1, 0.15) is 12.4 Å². The average molecular weight is 430 g/mol. The minimum Gasteiger partial charge on any atom is -0.350 e. The fourth-order valence-electron chi connectivity index (χ4n) is 3.34.